The van der Waals surface area contributed by atoms with Gasteiger partial charge in [0.15, 0.2) is 0 Å². The molecule has 3 nitrogen and oxygen atoms in total. The Morgan fingerprint density at radius 2 is 1.90 bits per heavy atom. The fraction of sp³-hybridized carbons (Fsp3) is 0.625. The molecule has 20 heavy (non-hydrogen) atoms. The standard InChI is InChI=1S/C16H25BO3/c1-7-16(5)15(3,4)19-17(20-16)14-10-13(11-18-6)9-8-12(14)2/h8-10H,7,11H2,1-6H3. The molecule has 0 spiro atoms. The van der Waals surface area contributed by atoms with Gasteiger partial charge in [0.1, 0.15) is 0 Å². The van der Waals surface area contributed by atoms with Gasteiger partial charge in [-0.15, -0.1) is 0 Å². The van der Waals surface area contributed by atoms with E-state index in [0.29, 0.717) is 6.61 Å². The highest BCUT2D eigenvalue weighted by molar-refractivity contribution is 6.62. The Morgan fingerprint density at radius 1 is 1.20 bits per heavy atom. The van der Waals surface area contributed by atoms with Gasteiger partial charge in [-0.1, -0.05) is 30.7 Å². The van der Waals surface area contributed by atoms with Crippen molar-refractivity contribution in [2.75, 3.05) is 7.11 Å². The molecule has 1 saturated heterocycles. The number of aryl methyl sites for hydroxylation is 1. The van der Waals surface area contributed by atoms with E-state index in [1.165, 1.54) is 5.56 Å². The third-order valence-electron chi connectivity index (χ3n) is 4.63. The fourth-order valence-electron chi connectivity index (χ4n) is 2.63. The maximum Gasteiger partial charge on any atom is 0.495 e. The van der Waals surface area contributed by atoms with Crippen LogP contribution in [0.2, 0.25) is 0 Å². The maximum absolute atomic E-state index is 6.25. The van der Waals surface area contributed by atoms with Crippen molar-refractivity contribution in [3.05, 3.63) is 29.3 Å². The van der Waals surface area contributed by atoms with Gasteiger partial charge < -0.3 is 14.0 Å². The van der Waals surface area contributed by atoms with Crippen LogP contribution in [0.3, 0.4) is 0 Å². The van der Waals surface area contributed by atoms with E-state index in [0.717, 1.165) is 17.4 Å². The Morgan fingerprint density at radius 3 is 2.45 bits per heavy atom. The molecule has 1 aliphatic rings. The number of ether oxygens (including phenoxy) is 1. The first kappa shape index (κ1) is 15.6. The Kier molecular flexibility index (Phi) is 4.28. The third kappa shape index (κ3) is 2.65. The molecular formula is C16H25BO3. The smallest absolute Gasteiger partial charge is 0.399 e. The summed E-state index contributed by atoms with van der Waals surface area (Å²) in [6, 6.07) is 6.31. The van der Waals surface area contributed by atoms with Crippen LogP contribution in [-0.4, -0.2) is 25.4 Å². The van der Waals surface area contributed by atoms with Crippen molar-refractivity contribution in [1.29, 1.82) is 0 Å². The van der Waals surface area contributed by atoms with Crippen molar-refractivity contribution in [2.24, 2.45) is 0 Å². The summed E-state index contributed by atoms with van der Waals surface area (Å²) in [4.78, 5) is 0. The molecule has 1 fully saturated rings. The summed E-state index contributed by atoms with van der Waals surface area (Å²) in [5.74, 6) is 0. The monoisotopic (exact) mass is 276 g/mol. The number of hydrogen-bond acceptors (Lipinski definition) is 3. The molecule has 110 valence electrons. The van der Waals surface area contributed by atoms with Gasteiger partial charge in [0.2, 0.25) is 0 Å². The van der Waals surface area contributed by atoms with E-state index in [-0.39, 0.29) is 18.3 Å². The van der Waals surface area contributed by atoms with Crippen LogP contribution in [0.5, 0.6) is 0 Å². The number of benzene rings is 1. The van der Waals surface area contributed by atoms with E-state index in [1.54, 1.807) is 7.11 Å². The molecule has 2 rings (SSSR count). The fourth-order valence-corrected chi connectivity index (χ4v) is 2.63. The minimum Gasteiger partial charge on any atom is -0.399 e. The molecule has 1 aromatic rings. The Labute approximate surface area is 122 Å². The molecule has 0 N–H and O–H groups in total. The minimum atomic E-state index is -0.299. The average molecular weight is 276 g/mol. The number of hydrogen-bond donors (Lipinski definition) is 0. The lowest BCUT2D eigenvalue weighted by atomic mass is 9.75. The van der Waals surface area contributed by atoms with E-state index in [2.05, 4.69) is 52.8 Å². The van der Waals surface area contributed by atoms with Gasteiger partial charge in [-0.05, 0) is 45.1 Å². The van der Waals surface area contributed by atoms with Crippen LogP contribution in [0.15, 0.2) is 18.2 Å². The van der Waals surface area contributed by atoms with E-state index in [1.807, 2.05) is 0 Å². The molecule has 0 saturated carbocycles. The first-order valence-corrected chi connectivity index (χ1v) is 7.27. The van der Waals surface area contributed by atoms with Crippen LogP contribution in [0.25, 0.3) is 0 Å². The molecule has 0 bridgehead atoms. The van der Waals surface area contributed by atoms with Crippen molar-refractivity contribution in [2.45, 2.75) is 58.8 Å². The van der Waals surface area contributed by atoms with Gasteiger partial charge in [-0.3, -0.25) is 0 Å². The molecule has 4 heteroatoms. The summed E-state index contributed by atoms with van der Waals surface area (Å²) in [6.45, 7) is 11.2. The Hall–Kier alpha value is -0.835. The lowest BCUT2D eigenvalue weighted by molar-refractivity contribution is -0.0118. The molecule has 0 aliphatic carbocycles. The van der Waals surface area contributed by atoms with Crippen molar-refractivity contribution < 1.29 is 14.0 Å². The Bertz CT molecular complexity index is 487. The molecule has 1 aromatic carbocycles. The normalized spacial score (nSPS) is 25.2. The van der Waals surface area contributed by atoms with Crippen molar-refractivity contribution in [3.8, 4) is 0 Å². The van der Waals surface area contributed by atoms with Crippen LogP contribution in [-0.2, 0) is 20.7 Å². The van der Waals surface area contributed by atoms with Crippen LogP contribution in [0, 0.1) is 6.92 Å². The second kappa shape index (κ2) is 5.51. The highest BCUT2D eigenvalue weighted by atomic mass is 16.7. The number of rotatable bonds is 4. The van der Waals surface area contributed by atoms with Crippen LogP contribution < -0.4 is 5.46 Å². The van der Waals surface area contributed by atoms with Crippen molar-refractivity contribution >= 4 is 12.6 Å². The SMILES string of the molecule is CCC1(C)OB(c2cc(COC)ccc2C)OC1(C)C. The lowest BCUT2D eigenvalue weighted by Crippen LogP contribution is -2.44. The molecule has 0 radical (unpaired) electrons. The first-order chi connectivity index (χ1) is 9.33. The van der Waals surface area contributed by atoms with E-state index in [9.17, 15) is 0 Å². The predicted octanol–water partition coefficient (Wildman–Crippen LogP) is 2.83. The molecule has 1 unspecified atom stereocenters. The molecule has 1 aliphatic heterocycles. The molecule has 1 atom stereocenters. The molecule has 1 heterocycles. The summed E-state index contributed by atoms with van der Waals surface area (Å²) < 4.78 is 17.6. The highest BCUT2D eigenvalue weighted by Gasteiger charge is 2.53. The van der Waals surface area contributed by atoms with E-state index < -0.39 is 0 Å². The van der Waals surface area contributed by atoms with Gasteiger partial charge in [0.25, 0.3) is 0 Å². The molecular weight excluding hydrogens is 251 g/mol. The Balaban J connectivity index is 2.32. The van der Waals surface area contributed by atoms with Gasteiger partial charge in [-0.25, -0.2) is 0 Å². The zero-order valence-corrected chi connectivity index (χ0v) is 13.4. The second-order valence-corrected chi connectivity index (χ2v) is 6.29. The first-order valence-electron chi connectivity index (χ1n) is 7.27. The third-order valence-corrected chi connectivity index (χ3v) is 4.63. The topological polar surface area (TPSA) is 27.7 Å². The van der Waals surface area contributed by atoms with Crippen molar-refractivity contribution in [1.82, 2.24) is 0 Å². The summed E-state index contributed by atoms with van der Waals surface area (Å²) in [7, 11) is 1.41. The average Bonchev–Trinajstić information content (AvgIpc) is 2.63. The van der Waals surface area contributed by atoms with Crippen LogP contribution in [0.4, 0.5) is 0 Å². The quantitative estimate of drug-likeness (QED) is 0.791. The molecule has 0 aromatic heterocycles. The summed E-state index contributed by atoms with van der Waals surface area (Å²) in [6.07, 6.45) is 0.924. The predicted molar refractivity (Wildman–Crippen MR) is 82.2 cm³/mol. The van der Waals surface area contributed by atoms with Crippen LogP contribution >= 0.6 is 0 Å². The van der Waals surface area contributed by atoms with Crippen LogP contribution in [0.1, 0.15) is 45.2 Å². The lowest BCUT2D eigenvalue weighted by Gasteiger charge is -2.35. The van der Waals surface area contributed by atoms with E-state index >= 15 is 0 Å². The van der Waals surface area contributed by atoms with Gasteiger partial charge >= 0.3 is 7.12 Å². The second-order valence-electron chi connectivity index (χ2n) is 6.29. The summed E-state index contributed by atoms with van der Waals surface area (Å²) in [5.41, 5.74) is 2.87. The highest BCUT2D eigenvalue weighted by Crippen LogP contribution is 2.39. The largest absolute Gasteiger partial charge is 0.495 e. The van der Waals surface area contributed by atoms with E-state index in [4.69, 9.17) is 14.0 Å². The number of methoxy groups -OCH3 is 1. The maximum atomic E-state index is 6.25. The molecule has 0 amide bonds. The van der Waals surface area contributed by atoms with Gasteiger partial charge in [0.05, 0.1) is 17.8 Å². The summed E-state index contributed by atoms with van der Waals surface area (Å²) in [5, 5.41) is 0. The zero-order chi connectivity index (χ0) is 15.0. The minimum absolute atomic E-state index is 0.263. The summed E-state index contributed by atoms with van der Waals surface area (Å²) >= 11 is 0. The van der Waals surface area contributed by atoms with Gasteiger partial charge in [0, 0.05) is 7.11 Å². The zero-order valence-electron chi connectivity index (χ0n) is 13.4. The van der Waals surface area contributed by atoms with Gasteiger partial charge in [-0.2, -0.15) is 0 Å². The van der Waals surface area contributed by atoms with Crippen molar-refractivity contribution in [3.63, 3.8) is 0 Å².